The van der Waals surface area contributed by atoms with Gasteiger partial charge in [-0.05, 0) is 42.8 Å². The van der Waals surface area contributed by atoms with Crippen molar-refractivity contribution in [2.75, 3.05) is 6.54 Å². The standard InChI is InChI=1S/C13H23NS/c1-5-7-14-13(10(3)6-2)12-8-11(4)15-9-12/h8-10,13-14H,5-7H2,1-4H3. The number of hydrogen-bond donors (Lipinski definition) is 1. The summed E-state index contributed by atoms with van der Waals surface area (Å²) in [6, 6.07) is 2.87. The van der Waals surface area contributed by atoms with Crippen LogP contribution < -0.4 is 5.32 Å². The van der Waals surface area contributed by atoms with Crippen molar-refractivity contribution in [1.29, 1.82) is 0 Å². The summed E-state index contributed by atoms with van der Waals surface area (Å²) in [7, 11) is 0. The average molecular weight is 225 g/mol. The minimum atomic E-state index is 0.542. The molecule has 15 heavy (non-hydrogen) atoms. The predicted molar refractivity (Wildman–Crippen MR) is 69.5 cm³/mol. The molecule has 0 bridgehead atoms. The van der Waals surface area contributed by atoms with Crippen LogP contribution in [-0.4, -0.2) is 6.54 Å². The van der Waals surface area contributed by atoms with Crippen molar-refractivity contribution in [2.24, 2.45) is 5.92 Å². The van der Waals surface area contributed by atoms with E-state index in [0.717, 1.165) is 6.54 Å². The fraction of sp³-hybridized carbons (Fsp3) is 0.692. The Morgan fingerprint density at radius 1 is 1.40 bits per heavy atom. The van der Waals surface area contributed by atoms with Gasteiger partial charge < -0.3 is 5.32 Å². The van der Waals surface area contributed by atoms with Gasteiger partial charge >= 0.3 is 0 Å². The predicted octanol–water partition coefficient (Wildman–Crippen LogP) is 4.14. The van der Waals surface area contributed by atoms with E-state index in [1.54, 1.807) is 0 Å². The zero-order valence-electron chi connectivity index (χ0n) is 10.3. The lowest BCUT2D eigenvalue weighted by atomic mass is 9.94. The minimum absolute atomic E-state index is 0.542. The molecule has 0 fully saturated rings. The molecule has 0 spiro atoms. The first kappa shape index (κ1) is 12.7. The van der Waals surface area contributed by atoms with Gasteiger partial charge in [0.25, 0.3) is 0 Å². The van der Waals surface area contributed by atoms with Gasteiger partial charge in [0.15, 0.2) is 0 Å². The fourth-order valence-electron chi connectivity index (χ4n) is 1.81. The Balaban J connectivity index is 2.71. The highest BCUT2D eigenvalue weighted by molar-refractivity contribution is 7.10. The molecule has 0 saturated heterocycles. The van der Waals surface area contributed by atoms with E-state index < -0.39 is 0 Å². The molecular formula is C13H23NS. The Morgan fingerprint density at radius 3 is 2.60 bits per heavy atom. The van der Waals surface area contributed by atoms with Crippen LogP contribution in [0.2, 0.25) is 0 Å². The molecule has 1 aromatic rings. The SMILES string of the molecule is CCCNC(c1csc(C)c1)C(C)CC. The zero-order valence-corrected chi connectivity index (χ0v) is 11.2. The molecule has 0 saturated carbocycles. The van der Waals surface area contributed by atoms with Crippen LogP contribution in [0.15, 0.2) is 11.4 Å². The van der Waals surface area contributed by atoms with Crippen molar-refractivity contribution >= 4 is 11.3 Å². The smallest absolute Gasteiger partial charge is 0.0354 e. The Morgan fingerprint density at radius 2 is 2.13 bits per heavy atom. The number of hydrogen-bond acceptors (Lipinski definition) is 2. The monoisotopic (exact) mass is 225 g/mol. The largest absolute Gasteiger partial charge is 0.310 e. The van der Waals surface area contributed by atoms with E-state index in [2.05, 4.69) is 44.5 Å². The molecule has 0 aliphatic carbocycles. The third kappa shape index (κ3) is 3.62. The van der Waals surface area contributed by atoms with Crippen LogP contribution >= 0.6 is 11.3 Å². The Kier molecular flexibility index (Phi) is 5.34. The second kappa shape index (κ2) is 6.29. The molecule has 2 atom stereocenters. The molecule has 1 aromatic heterocycles. The highest BCUT2D eigenvalue weighted by atomic mass is 32.1. The average Bonchev–Trinajstić information content (AvgIpc) is 2.65. The molecule has 0 radical (unpaired) electrons. The van der Waals surface area contributed by atoms with Gasteiger partial charge in [0.05, 0.1) is 0 Å². The second-order valence-corrected chi connectivity index (χ2v) is 5.42. The summed E-state index contributed by atoms with van der Waals surface area (Å²) in [5.74, 6) is 0.713. The highest BCUT2D eigenvalue weighted by Gasteiger charge is 2.17. The number of thiophene rings is 1. The van der Waals surface area contributed by atoms with E-state index in [9.17, 15) is 0 Å². The highest BCUT2D eigenvalue weighted by Crippen LogP contribution is 2.27. The maximum absolute atomic E-state index is 3.66. The van der Waals surface area contributed by atoms with Gasteiger partial charge in [-0.3, -0.25) is 0 Å². The van der Waals surface area contributed by atoms with Gasteiger partial charge in [0.2, 0.25) is 0 Å². The molecular weight excluding hydrogens is 202 g/mol. The van der Waals surface area contributed by atoms with E-state index in [0.29, 0.717) is 12.0 Å². The lowest BCUT2D eigenvalue weighted by Crippen LogP contribution is -2.27. The Hall–Kier alpha value is -0.340. The van der Waals surface area contributed by atoms with Gasteiger partial charge in [-0.15, -0.1) is 11.3 Å². The third-order valence-corrected chi connectivity index (χ3v) is 3.82. The summed E-state index contributed by atoms with van der Waals surface area (Å²) < 4.78 is 0. The van der Waals surface area contributed by atoms with Crippen molar-refractivity contribution in [1.82, 2.24) is 5.32 Å². The van der Waals surface area contributed by atoms with Gasteiger partial charge in [-0.25, -0.2) is 0 Å². The quantitative estimate of drug-likeness (QED) is 0.767. The first-order valence-electron chi connectivity index (χ1n) is 5.97. The lowest BCUT2D eigenvalue weighted by Gasteiger charge is -2.23. The molecule has 1 heterocycles. The maximum Gasteiger partial charge on any atom is 0.0354 e. The van der Waals surface area contributed by atoms with Gasteiger partial charge in [0, 0.05) is 10.9 Å². The maximum atomic E-state index is 3.66. The van der Waals surface area contributed by atoms with Crippen molar-refractivity contribution in [2.45, 2.75) is 46.6 Å². The molecule has 0 amide bonds. The van der Waals surface area contributed by atoms with Crippen LogP contribution in [0, 0.1) is 12.8 Å². The van der Waals surface area contributed by atoms with E-state index in [-0.39, 0.29) is 0 Å². The van der Waals surface area contributed by atoms with Crippen molar-refractivity contribution < 1.29 is 0 Å². The zero-order chi connectivity index (χ0) is 11.3. The molecule has 1 rings (SSSR count). The summed E-state index contributed by atoms with van der Waals surface area (Å²) in [6.45, 7) is 10.1. The topological polar surface area (TPSA) is 12.0 Å². The molecule has 2 unspecified atom stereocenters. The molecule has 0 aliphatic rings. The van der Waals surface area contributed by atoms with Crippen LogP contribution in [0.4, 0.5) is 0 Å². The van der Waals surface area contributed by atoms with Crippen LogP contribution in [0.5, 0.6) is 0 Å². The number of rotatable bonds is 6. The first-order chi connectivity index (χ1) is 7.19. The third-order valence-electron chi connectivity index (χ3n) is 2.94. The molecule has 86 valence electrons. The van der Waals surface area contributed by atoms with E-state index in [4.69, 9.17) is 0 Å². The summed E-state index contributed by atoms with van der Waals surface area (Å²) in [4.78, 5) is 1.41. The van der Waals surface area contributed by atoms with Gasteiger partial charge in [-0.2, -0.15) is 0 Å². The number of nitrogens with one attached hydrogen (secondary N) is 1. The summed E-state index contributed by atoms with van der Waals surface area (Å²) in [5, 5.41) is 5.96. The molecule has 1 N–H and O–H groups in total. The van der Waals surface area contributed by atoms with Crippen LogP contribution in [0.1, 0.15) is 50.1 Å². The second-order valence-electron chi connectivity index (χ2n) is 4.31. The van der Waals surface area contributed by atoms with E-state index >= 15 is 0 Å². The summed E-state index contributed by atoms with van der Waals surface area (Å²) >= 11 is 1.85. The first-order valence-corrected chi connectivity index (χ1v) is 6.85. The summed E-state index contributed by atoms with van der Waals surface area (Å²) in [5.41, 5.74) is 1.47. The minimum Gasteiger partial charge on any atom is -0.310 e. The van der Waals surface area contributed by atoms with Crippen LogP contribution in [0.25, 0.3) is 0 Å². The summed E-state index contributed by atoms with van der Waals surface area (Å²) in [6.07, 6.45) is 2.44. The van der Waals surface area contributed by atoms with Crippen molar-refractivity contribution in [3.8, 4) is 0 Å². The van der Waals surface area contributed by atoms with Crippen LogP contribution in [-0.2, 0) is 0 Å². The normalized spacial score (nSPS) is 15.2. The number of aryl methyl sites for hydroxylation is 1. The van der Waals surface area contributed by atoms with Gasteiger partial charge in [-0.1, -0.05) is 27.2 Å². The van der Waals surface area contributed by atoms with E-state index in [1.807, 2.05) is 11.3 Å². The molecule has 1 nitrogen and oxygen atoms in total. The van der Waals surface area contributed by atoms with Crippen molar-refractivity contribution in [3.05, 3.63) is 21.9 Å². The molecule has 2 heteroatoms. The molecule has 0 aliphatic heterocycles. The van der Waals surface area contributed by atoms with Crippen LogP contribution in [0.3, 0.4) is 0 Å². The Bertz CT molecular complexity index is 280. The van der Waals surface area contributed by atoms with Gasteiger partial charge in [0.1, 0.15) is 0 Å². The lowest BCUT2D eigenvalue weighted by molar-refractivity contribution is 0.378. The Labute approximate surface area is 97.9 Å². The molecule has 0 aromatic carbocycles. The van der Waals surface area contributed by atoms with Crippen molar-refractivity contribution in [3.63, 3.8) is 0 Å². The van der Waals surface area contributed by atoms with E-state index in [1.165, 1.54) is 23.3 Å². The fourth-order valence-corrected chi connectivity index (χ4v) is 2.55.